The van der Waals surface area contributed by atoms with Gasteiger partial charge in [0.1, 0.15) is 0 Å². The molecule has 0 aromatic heterocycles. The van der Waals surface area contributed by atoms with Gasteiger partial charge in [0, 0.05) is 19.3 Å². The van der Waals surface area contributed by atoms with E-state index in [1.165, 1.54) is 11.3 Å². The van der Waals surface area contributed by atoms with Gasteiger partial charge in [0.15, 0.2) is 0 Å². The third-order valence-corrected chi connectivity index (χ3v) is 1.85. The molecule has 3 nitrogen and oxygen atoms in total. The van der Waals surface area contributed by atoms with E-state index in [2.05, 4.69) is 5.43 Å². The molecule has 1 aliphatic heterocycles. The van der Waals surface area contributed by atoms with Crippen LogP contribution in [0.2, 0.25) is 0 Å². The Morgan fingerprint density at radius 3 is 3.18 bits per heavy atom. The van der Waals surface area contributed by atoms with Crippen LogP contribution in [-0.4, -0.2) is 12.1 Å². The second-order valence-electron chi connectivity index (χ2n) is 2.88. The third kappa shape index (κ3) is 1.03. The Kier molecular flexibility index (Phi) is 1.26. The van der Waals surface area contributed by atoms with Crippen LogP contribution in [0.4, 0.5) is 11.4 Å². The summed E-state index contributed by atoms with van der Waals surface area (Å²) in [5.41, 5.74) is 12.1. The molecule has 3 N–H and O–H groups in total. The highest BCUT2D eigenvalue weighted by molar-refractivity contribution is 5.59. The van der Waals surface area contributed by atoms with Gasteiger partial charge in [-0.05, 0) is 23.8 Å². The Labute approximate surface area is 65.8 Å². The molecule has 0 saturated heterocycles. The predicted octanol–water partition coefficient (Wildman–Crippen LogP) is 1.04. The minimum atomic E-state index is 0.834. The molecule has 1 aromatic carbocycles. The van der Waals surface area contributed by atoms with Gasteiger partial charge in [-0.1, -0.05) is 0 Å². The zero-order chi connectivity index (χ0) is 7.84. The summed E-state index contributed by atoms with van der Waals surface area (Å²) in [5, 5.41) is 2.03. The van der Waals surface area contributed by atoms with Crippen molar-refractivity contribution in [3.05, 3.63) is 23.8 Å². The minimum absolute atomic E-state index is 0.834. The van der Waals surface area contributed by atoms with E-state index in [1.807, 2.05) is 30.3 Å². The summed E-state index contributed by atoms with van der Waals surface area (Å²) in [7, 11) is 2.01. The van der Waals surface area contributed by atoms with E-state index in [4.69, 9.17) is 5.73 Å². The van der Waals surface area contributed by atoms with E-state index in [9.17, 15) is 0 Å². The first-order valence-electron chi connectivity index (χ1n) is 3.62. The Bertz CT molecular complexity index is 283. The molecule has 11 heavy (non-hydrogen) atoms. The van der Waals surface area contributed by atoms with Crippen LogP contribution in [0.3, 0.4) is 0 Å². The number of anilines is 2. The number of nitrogens with one attached hydrogen (secondary N) is 1. The Morgan fingerprint density at radius 1 is 1.55 bits per heavy atom. The van der Waals surface area contributed by atoms with Crippen LogP contribution >= 0.6 is 0 Å². The van der Waals surface area contributed by atoms with E-state index in [1.54, 1.807) is 0 Å². The Hall–Kier alpha value is -1.22. The molecule has 0 radical (unpaired) electrons. The van der Waals surface area contributed by atoms with Gasteiger partial charge in [-0.15, -0.1) is 0 Å². The van der Waals surface area contributed by atoms with Gasteiger partial charge in [0.25, 0.3) is 0 Å². The number of rotatable bonds is 0. The van der Waals surface area contributed by atoms with Crippen LogP contribution in [-0.2, 0) is 6.54 Å². The highest BCUT2D eigenvalue weighted by atomic mass is 15.5. The highest BCUT2D eigenvalue weighted by Crippen LogP contribution is 2.25. The number of hydrogen-bond acceptors (Lipinski definition) is 3. The monoisotopic (exact) mass is 149 g/mol. The summed E-state index contributed by atoms with van der Waals surface area (Å²) in [5.74, 6) is 0. The predicted molar refractivity (Wildman–Crippen MR) is 45.9 cm³/mol. The van der Waals surface area contributed by atoms with E-state index in [0.717, 1.165) is 12.2 Å². The number of benzene rings is 1. The Morgan fingerprint density at radius 2 is 2.36 bits per heavy atom. The summed E-state index contributed by atoms with van der Waals surface area (Å²) < 4.78 is 0. The molecule has 0 aliphatic carbocycles. The third-order valence-electron chi connectivity index (χ3n) is 1.85. The molecule has 2 rings (SSSR count). The lowest BCUT2D eigenvalue weighted by Gasteiger charge is -2.06. The van der Waals surface area contributed by atoms with Crippen molar-refractivity contribution in [1.82, 2.24) is 5.01 Å². The molecule has 0 atom stereocenters. The van der Waals surface area contributed by atoms with Crippen LogP contribution in [0.5, 0.6) is 0 Å². The Balaban J connectivity index is 2.43. The lowest BCUT2D eigenvalue weighted by Crippen LogP contribution is -2.16. The van der Waals surface area contributed by atoms with Crippen molar-refractivity contribution in [3.63, 3.8) is 0 Å². The highest BCUT2D eigenvalue weighted by Gasteiger charge is 2.13. The fourth-order valence-corrected chi connectivity index (χ4v) is 1.35. The van der Waals surface area contributed by atoms with Gasteiger partial charge in [-0.25, -0.2) is 5.01 Å². The summed E-state index contributed by atoms with van der Waals surface area (Å²) in [6, 6.07) is 5.92. The van der Waals surface area contributed by atoms with Crippen molar-refractivity contribution < 1.29 is 0 Å². The summed E-state index contributed by atoms with van der Waals surface area (Å²) in [6.45, 7) is 0.931. The lowest BCUT2D eigenvalue weighted by molar-refractivity contribution is 0.422. The maximum atomic E-state index is 5.63. The van der Waals surface area contributed by atoms with E-state index >= 15 is 0 Å². The molecule has 1 heterocycles. The average molecular weight is 149 g/mol. The van der Waals surface area contributed by atoms with Gasteiger partial charge in [0.2, 0.25) is 0 Å². The zero-order valence-electron chi connectivity index (χ0n) is 6.46. The van der Waals surface area contributed by atoms with Gasteiger partial charge in [-0.2, -0.15) is 0 Å². The fraction of sp³-hybridized carbons (Fsp3) is 0.250. The van der Waals surface area contributed by atoms with Crippen LogP contribution in [0.25, 0.3) is 0 Å². The van der Waals surface area contributed by atoms with E-state index in [0.29, 0.717) is 0 Å². The van der Waals surface area contributed by atoms with Crippen molar-refractivity contribution in [2.75, 3.05) is 18.2 Å². The normalized spacial score (nSPS) is 16.1. The summed E-state index contributed by atoms with van der Waals surface area (Å²) in [6.07, 6.45) is 0. The summed E-state index contributed by atoms with van der Waals surface area (Å²) >= 11 is 0. The zero-order valence-corrected chi connectivity index (χ0v) is 6.46. The van der Waals surface area contributed by atoms with Gasteiger partial charge >= 0.3 is 0 Å². The fourth-order valence-electron chi connectivity index (χ4n) is 1.35. The molecule has 0 unspecified atom stereocenters. The first-order chi connectivity index (χ1) is 5.25. The molecule has 0 saturated carbocycles. The molecule has 0 fully saturated rings. The maximum absolute atomic E-state index is 5.63. The van der Waals surface area contributed by atoms with Crippen LogP contribution in [0.15, 0.2) is 18.2 Å². The first-order valence-corrected chi connectivity index (χ1v) is 3.62. The topological polar surface area (TPSA) is 41.3 Å². The molecule has 3 heteroatoms. The van der Waals surface area contributed by atoms with Crippen molar-refractivity contribution in [2.24, 2.45) is 0 Å². The first kappa shape index (κ1) is 6.49. The second kappa shape index (κ2) is 2.13. The smallest absolute Gasteiger partial charge is 0.0537 e. The minimum Gasteiger partial charge on any atom is -0.399 e. The number of hydrazine groups is 1. The molecule has 0 spiro atoms. The second-order valence-corrected chi connectivity index (χ2v) is 2.88. The van der Waals surface area contributed by atoms with Crippen molar-refractivity contribution in [3.8, 4) is 0 Å². The number of nitrogens with two attached hydrogens (primary N) is 1. The van der Waals surface area contributed by atoms with Crippen LogP contribution in [0, 0.1) is 0 Å². The molecule has 0 amide bonds. The van der Waals surface area contributed by atoms with E-state index in [-0.39, 0.29) is 0 Å². The number of nitrogens with zero attached hydrogens (tertiary/aromatic N) is 1. The van der Waals surface area contributed by atoms with Crippen molar-refractivity contribution >= 4 is 11.4 Å². The maximum Gasteiger partial charge on any atom is 0.0537 e. The average Bonchev–Trinajstić information content (AvgIpc) is 2.27. The largest absolute Gasteiger partial charge is 0.399 e. The van der Waals surface area contributed by atoms with Gasteiger partial charge in [-0.3, -0.25) is 0 Å². The summed E-state index contributed by atoms with van der Waals surface area (Å²) in [4.78, 5) is 0. The van der Waals surface area contributed by atoms with E-state index < -0.39 is 0 Å². The number of hydrogen-bond donors (Lipinski definition) is 2. The van der Waals surface area contributed by atoms with Crippen molar-refractivity contribution in [1.29, 1.82) is 0 Å². The van der Waals surface area contributed by atoms with Gasteiger partial charge < -0.3 is 11.2 Å². The quantitative estimate of drug-likeness (QED) is 0.541. The number of fused-ring (bicyclic) bond motifs is 1. The molecular weight excluding hydrogens is 138 g/mol. The SMILES string of the molecule is CN1Cc2cc(N)ccc2N1. The van der Waals surface area contributed by atoms with Gasteiger partial charge in [0.05, 0.1) is 5.69 Å². The molecule has 58 valence electrons. The molecular formula is C8H11N3. The van der Waals surface area contributed by atoms with Crippen molar-refractivity contribution in [2.45, 2.75) is 6.54 Å². The molecule has 1 aromatic rings. The molecule has 0 bridgehead atoms. The molecule has 1 aliphatic rings. The number of nitrogen functional groups attached to an aromatic ring is 1. The standard InChI is InChI=1S/C8H11N3/c1-11-5-6-4-7(9)2-3-8(6)10-11/h2-4,10H,5,9H2,1H3. The van der Waals surface area contributed by atoms with Crippen LogP contribution in [0.1, 0.15) is 5.56 Å². The van der Waals surface area contributed by atoms with Crippen LogP contribution < -0.4 is 11.2 Å². The lowest BCUT2D eigenvalue weighted by atomic mass is 10.2.